The molecule has 1 fully saturated rings. The molecule has 0 heterocycles. The first-order valence-electron chi connectivity index (χ1n) is 5.55. The topological polar surface area (TPSA) is 31.2 Å². The SMILES string of the molecule is CN(C)/N=C1/CCCCC1/C=N/N(C)C. The maximum Gasteiger partial charge on any atom is 0.0465 e. The number of hydrogen-bond acceptors (Lipinski definition) is 4. The van der Waals surface area contributed by atoms with Crippen LogP contribution in [0, 0.1) is 5.92 Å². The van der Waals surface area contributed by atoms with Crippen molar-refractivity contribution < 1.29 is 0 Å². The molecule has 0 aromatic heterocycles. The predicted octanol–water partition coefficient (Wildman–Crippen LogP) is 1.64. The highest BCUT2D eigenvalue weighted by Gasteiger charge is 2.19. The van der Waals surface area contributed by atoms with Gasteiger partial charge in [-0.25, -0.2) is 0 Å². The molecule has 0 spiro atoms. The molecule has 4 nitrogen and oxygen atoms in total. The minimum absolute atomic E-state index is 0.434. The van der Waals surface area contributed by atoms with Crippen LogP contribution in [0.3, 0.4) is 0 Å². The van der Waals surface area contributed by atoms with Crippen LogP contribution in [0.5, 0.6) is 0 Å². The van der Waals surface area contributed by atoms with E-state index in [9.17, 15) is 0 Å². The lowest BCUT2D eigenvalue weighted by Crippen LogP contribution is -2.24. The highest BCUT2D eigenvalue weighted by atomic mass is 15.4. The third kappa shape index (κ3) is 4.32. The van der Waals surface area contributed by atoms with Crippen molar-refractivity contribution in [1.29, 1.82) is 0 Å². The van der Waals surface area contributed by atoms with E-state index < -0.39 is 0 Å². The Labute approximate surface area is 92.6 Å². The average molecular weight is 210 g/mol. The largest absolute Gasteiger partial charge is 0.303 e. The lowest BCUT2D eigenvalue weighted by molar-refractivity contribution is 0.423. The molecular formula is C11H22N4. The van der Waals surface area contributed by atoms with Crippen molar-refractivity contribution in [3.8, 4) is 0 Å². The van der Waals surface area contributed by atoms with Crippen LogP contribution in [0.4, 0.5) is 0 Å². The van der Waals surface area contributed by atoms with Gasteiger partial charge in [0.15, 0.2) is 0 Å². The fraction of sp³-hybridized carbons (Fsp3) is 0.818. The molecule has 0 bridgehead atoms. The quantitative estimate of drug-likeness (QED) is 0.524. The zero-order chi connectivity index (χ0) is 11.3. The van der Waals surface area contributed by atoms with Gasteiger partial charge >= 0.3 is 0 Å². The monoisotopic (exact) mass is 210 g/mol. The standard InChI is InChI=1S/C11H22N4/c1-14(2)12-9-10-7-5-6-8-11(10)13-15(3)4/h9-10H,5-8H2,1-4H3/b12-9+,13-11-. The molecule has 1 aliphatic carbocycles. The molecule has 1 rings (SSSR count). The smallest absolute Gasteiger partial charge is 0.0465 e. The second kappa shape index (κ2) is 5.73. The second-order valence-corrected chi connectivity index (χ2v) is 4.40. The first kappa shape index (κ1) is 12.0. The van der Waals surface area contributed by atoms with Crippen LogP contribution in [-0.2, 0) is 0 Å². The van der Waals surface area contributed by atoms with Gasteiger partial charge in [0.05, 0.1) is 0 Å². The minimum Gasteiger partial charge on any atom is -0.303 e. The van der Waals surface area contributed by atoms with Crippen molar-refractivity contribution >= 4 is 11.9 Å². The molecule has 0 aliphatic heterocycles. The molecule has 0 aromatic carbocycles. The van der Waals surface area contributed by atoms with Crippen molar-refractivity contribution in [1.82, 2.24) is 10.0 Å². The average Bonchev–Trinajstić information content (AvgIpc) is 2.15. The number of nitrogens with zero attached hydrogens (tertiary/aromatic N) is 4. The molecule has 0 aromatic rings. The molecule has 1 aliphatic rings. The number of rotatable bonds is 3. The Morgan fingerprint density at radius 1 is 1.13 bits per heavy atom. The van der Waals surface area contributed by atoms with E-state index >= 15 is 0 Å². The first-order valence-corrected chi connectivity index (χ1v) is 5.55. The zero-order valence-electron chi connectivity index (χ0n) is 10.3. The Bertz CT molecular complexity index is 243. The van der Waals surface area contributed by atoms with E-state index in [1.807, 2.05) is 44.4 Å². The molecule has 1 unspecified atom stereocenters. The molecular weight excluding hydrogens is 188 g/mol. The Hall–Kier alpha value is -1.06. The molecule has 86 valence electrons. The van der Waals surface area contributed by atoms with Crippen LogP contribution in [-0.4, -0.2) is 50.1 Å². The Balaban J connectivity index is 2.66. The molecule has 0 radical (unpaired) electrons. The van der Waals surface area contributed by atoms with Gasteiger partial charge in [-0.05, 0) is 19.3 Å². The minimum atomic E-state index is 0.434. The molecule has 0 N–H and O–H groups in total. The third-order valence-electron chi connectivity index (χ3n) is 2.43. The first-order chi connectivity index (χ1) is 7.09. The van der Waals surface area contributed by atoms with Crippen LogP contribution in [0.15, 0.2) is 10.2 Å². The van der Waals surface area contributed by atoms with Gasteiger partial charge in [0.2, 0.25) is 0 Å². The van der Waals surface area contributed by atoms with Crippen molar-refractivity contribution in [2.75, 3.05) is 28.2 Å². The van der Waals surface area contributed by atoms with E-state index in [2.05, 4.69) is 10.2 Å². The summed E-state index contributed by atoms with van der Waals surface area (Å²) in [7, 11) is 7.84. The van der Waals surface area contributed by atoms with Crippen molar-refractivity contribution in [3.05, 3.63) is 0 Å². The Morgan fingerprint density at radius 3 is 2.47 bits per heavy atom. The zero-order valence-corrected chi connectivity index (χ0v) is 10.3. The predicted molar refractivity (Wildman–Crippen MR) is 65.3 cm³/mol. The summed E-state index contributed by atoms with van der Waals surface area (Å²) >= 11 is 0. The molecule has 1 atom stereocenters. The molecule has 0 amide bonds. The van der Waals surface area contributed by atoms with E-state index in [4.69, 9.17) is 0 Å². The van der Waals surface area contributed by atoms with Gasteiger partial charge < -0.3 is 10.0 Å². The molecule has 1 saturated carbocycles. The van der Waals surface area contributed by atoms with Crippen LogP contribution in [0.25, 0.3) is 0 Å². The Morgan fingerprint density at radius 2 is 1.87 bits per heavy atom. The summed E-state index contributed by atoms with van der Waals surface area (Å²) in [6.07, 6.45) is 6.88. The van der Waals surface area contributed by atoms with Gasteiger partial charge in [-0.3, -0.25) is 0 Å². The molecule has 0 saturated heterocycles. The van der Waals surface area contributed by atoms with Crippen LogP contribution >= 0.6 is 0 Å². The molecule has 4 heteroatoms. The summed E-state index contributed by atoms with van der Waals surface area (Å²) in [4.78, 5) is 0. The van der Waals surface area contributed by atoms with Gasteiger partial charge in [-0.1, -0.05) is 6.42 Å². The summed E-state index contributed by atoms with van der Waals surface area (Å²) in [5.41, 5.74) is 1.27. The van der Waals surface area contributed by atoms with E-state index in [1.165, 1.54) is 25.0 Å². The van der Waals surface area contributed by atoms with Crippen molar-refractivity contribution in [2.24, 2.45) is 16.1 Å². The summed E-state index contributed by atoms with van der Waals surface area (Å²) in [5, 5.41) is 12.6. The van der Waals surface area contributed by atoms with Gasteiger partial charge in [-0.2, -0.15) is 10.2 Å². The van der Waals surface area contributed by atoms with Gasteiger partial charge in [0, 0.05) is 46.0 Å². The number of hydrazone groups is 2. The number of hydrogen-bond donors (Lipinski definition) is 0. The second-order valence-electron chi connectivity index (χ2n) is 4.40. The van der Waals surface area contributed by atoms with E-state index in [0.717, 1.165) is 6.42 Å². The molecule has 15 heavy (non-hydrogen) atoms. The highest BCUT2D eigenvalue weighted by Crippen LogP contribution is 2.20. The fourth-order valence-electron chi connectivity index (χ4n) is 1.78. The highest BCUT2D eigenvalue weighted by molar-refractivity contribution is 5.98. The lowest BCUT2D eigenvalue weighted by atomic mass is 9.88. The maximum absolute atomic E-state index is 4.54. The lowest BCUT2D eigenvalue weighted by Gasteiger charge is -2.22. The van der Waals surface area contributed by atoms with E-state index in [1.54, 1.807) is 0 Å². The summed E-state index contributed by atoms with van der Waals surface area (Å²) in [6, 6.07) is 0. The summed E-state index contributed by atoms with van der Waals surface area (Å²) in [6.45, 7) is 0. The van der Waals surface area contributed by atoms with Crippen LogP contribution < -0.4 is 0 Å². The van der Waals surface area contributed by atoms with Gasteiger partial charge in [-0.15, -0.1) is 0 Å². The van der Waals surface area contributed by atoms with Gasteiger partial charge in [0.25, 0.3) is 0 Å². The normalized spacial score (nSPS) is 24.8. The fourth-order valence-corrected chi connectivity index (χ4v) is 1.78. The van der Waals surface area contributed by atoms with Crippen molar-refractivity contribution in [2.45, 2.75) is 25.7 Å². The van der Waals surface area contributed by atoms with Crippen LogP contribution in [0.1, 0.15) is 25.7 Å². The van der Waals surface area contributed by atoms with E-state index in [0.29, 0.717) is 5.92 Å². The van der Waals surface area contributed by atoms with Gasteiger partial charge in [0.1, 0.15) is 0 Å². The van der Waals surface area contributed by atoms with E-state index in [-0.39, 0.29) is 0 Å². The third-order valence-corrected chi connectivity index (χ3v) is 2.43. The summed E-state index contributed by atoms with van der Waals surface area (Å²) < 4.78 is 0. The Kier molecular flexibility index (Phi) is 4.59. The maximum atomic E-state index is 4.54. The van der Waals surface area contributed by atoms with Crippen molar-refractivity contribution in [3.63, 3.8) is 0 Å². The van der Waals surface area contributed by atoms with Crippen LogP contribution in [0.2, 0.25) is 0 Å². The summed E-state index contributed by atoms with van der Waals surface area (Å²) in [5.74, 6) is 0.434.